The van der Waals surface area contributed by atoms with Crippen LogP contribution in [0, 0.1) is 17.8 Å². The van der Waals surface area contributed by atoms with Crippen LogP contribution in [-0.4, -0.2) is 36.4 Å². The van der Waals surface area contributed by atoms with Gasteiger partial charge >= 0.3 is 0 Å². The highest BCUT2D eigenvalue weighted by Crippen LogP contribution is 2.60. The maximum atomic E-state index is 12.6. The van der Waals surface area contributed by atoms with Crippen molar-refractivity contribution in [3.05, 3.63) is 24.0 Å². The van der Waals surface area contributed by atoms with Crippen LogP contribution in [0.2, 0.25) is 0 Å². The van der Waals surface area contributed by atoms with Gasteiger partial charge in [0.05, 0.1) is 12.2 Å². The molecule has 0 atom stereocenters. The van der Waals surface area contributed by atoms with Gasteiger partial charge in [0.25, 0.3) is 0 Å². The van der Waals surface area contributed by atoms with E-state index in [9.17, 15) is 4.39 Å². The van der Waals surface area contributed by atoms with E-state index in [-0.39, 0.29) is 12.0 Å². The lowest BCUT2D eigenvalue weighted by Gasteiger charge is -2.56. The number of alkyl halides is 1. The van der Waals surface area contributed by atoms with Gasteiger partial charge in [-0.05, 0) is 56.3 Å². The maximum absolute atomic E-state index is 12.6. The molecule has 128 valence electrons. The third-order valence-electron chi connectivity index (χ3n) is 6.42. The van der Waals surface area contributed by atoms with Crippen LogP contribution in [0.5, 0.6) is 0 Å². The smallest absolute Gasteiger partial charge is 0.148 e. The third kappa shape index (κ3) is 2.28. The number of halogens is 1. The largest absolute Gasteiger partial charge is 0.249 e. The molecule has 4 saturated carbocycles. The number of rotatable bonds is 5. The van der Waals surface area contributed by atoms with Crippen LogP contribution >= 0.6 is 0 Å². The Kier molecular flexibility index (Phi) is 3.25. The van der Waals surface area contributed by atoms with Gasteiger partial charge < -0.3 is 0 Å². The molecule has 0 spiro atoms. The van der Waals surface area contributed by atoms with Crippen molar-refractivity contribution in [1.82, 2.24) is 29.8 Å². The molecule has 24 heavy (non-hydrogen) atoms. The fraction of sp³-hybridized carbons (Fsp3) is 0.765. The summed E-state index contributed by atoms with van der Waals surface area (Å²) in [7, 11) is 0. The second kappa shape index (κ2) is 5.36. The van der Waals surface area contributed by atoms with E-state index < -0.39 is 6.67 Å². The molecule has 6 nitrogen and oxygen atoms in total. The first-order valence-electron chi connectivity index (χ1n) is 9.07. The molecule has 2 heterocycles. The highest BCUT2D eigenvalue weighted by Gasteiger charge is 2.52. The zero-order valence-corrected chi connectivity index (χ0v) is 13.8. The predicted molar refractivity (Wildman–Crippen MR) is 85.0 cm³/mol. The Morgan fingerprint density at radius 3 is 2.50 bits per heavy atom. The van der Waals surface area contributed by atoms with Crippen molar-refractivity contribution >= 4 is 0 Å². The molecule has 6 rings (SSSR count). The van der Waals surface area contributed by atoms with E-state index in [1.165, 1.54) is 44.9 Å². The first-order valence-corrected chi connectivity index (χ1v) is 9.07. The van der Waals surface area contributed by atoms with E-state index in [1.807, 2.05) is 4.68 Å². The van der Waals surface area contributed by atoms with Crippen molar-refractivity contribution in [2.24, 2.45) is 17.8 Å². The van der Waals surface area contributed by atoms with Crippen LogP contribution in [0.25, 0.3) is 0 Å². The van der Waals surface area contributed by atoms with E-state index in [1.54, 1.807) is 4.68 Å². The molecule has 4 aliphatic carbocycles. The van der Waals surface area contributed by atoms with Crippen LogP contribution in [0.15, 0.2) is 12.5 Å². The van der Waals surface area contributed by atoms with Crippen molar-refractivity contribution in [2.45, 2.75) is 57.0 Å². The summed E-state index contributed by atoms with van der Waals surface area (Å²) in [5.41, 5.74) is 1.43. The Bertz CT molecular complexity index is 700. The number of aryl methyl sites for hydroxylation is 1. The summed E-state index contributed by atoms with van der Waals surface area (Å²) < 4.78 is 16.0. The Labute approximate surface area is 140 Å². The lowest BCUT2D eigenvalue weighted by atomic mass is 9.49. The van der Waals surface area contributed by atoms with E-state index in [0.717, 1.165) is 29.3 Å². The van der Waals surface area contributed by atoms with Crippen molar-refractivity contribution in [3.8, 4) is 0 Å². The van der Waals surface area contributed by atoms with Gasteiger partial charge in [0.1, 0.15) is 25.4 Å². The van der Waals surface area contributed by atoms with E-state index >= 15 is 0 Å². The lowest BCUT2D eigenvalue weighted by Crippen LogP contribution is -2.48. The summed E-state index contributed by atoms with van der Waals surface area (Å²) >= 11 is 0. The maximum Gasteiger partial charge on any atom is 0.148 e. The number of hydrogen-bond acceptors (Lipinski definition) is 4. The summed E-state index contributed by atoms with van der Waals surface area (Å²) in [6.45, 7) is 0.303. The van der Waals surface area contributed by atoms with E-state index in [2.05, 4.69) is 26.6 Å². The number of nitrogens with zero attached hydrogens (tertiary/aromatic N) is 6. The SMILES string of the molecule is FCCn1ncnc1Cn1cc(C23CC4CC(CC(C4)C2)C3)nn1. The Hall–Kier alpha value is -1.79. The fourth-order valence-corrected chi connectivity index (χ4v) is 5.87. The predicted octanol–water partition coefficient (Wildman–Crippen LogP) is 2.36. The first kappa shape index (κ1) is 14.5. The summed E-state index contributed by atoms with van der Waals surface area (Å²) in [5, 5.41) is 13.0. The minimum absolute atomic E-state index is 0.242. The van der Waals surface area contributed by atoms with Gasteiger partial charge in [-0.25, -0.2) is 18.7 Å². The fourth-order valence-electron chi connectivity index (χ4n) is 5.87. The Balaban J connectivity index is 1.39. The minimum Gasteiger partial charge on any atom is -0.249 e. The van der Waals surface area contributed by atoms with Gasteiger partial charge in [-0.3, -0.25) is 0 Å². The molecule has 0 N–H and O–H groups in total. The zero-order chi connectivity index (χ0) is 16.1. The van der Waals surface area contributed by atoms with E-state index in [4.69, 9.17) is 0 Å². The summed E-state index contributed by atoms with van der Waals surface area (Å²) in [5.74, 6) is 3.42. The number of hydrogen-bond donors (Lipinski definition) is 0. The molecule has 4 bridgehead atoms. The molecule has 2 aromatic heterocycles. The minimum atomic E-state index is -0.438. The first-order chi connectivity index (χ1) is 11.7. The van der Waals surface area contributed by atoms with Crippen LogP contribution in [0.3, 0.4) is 0 Å². The summed E-state index contributed by atoms with van der Waals surface area (Å²) in [4.78, 5) is 4.23. The molecule has 4 fully saturated rings. The van der Waals surface area contributed by atoms with Gasteiger partial charge in [0, 0.05) is 11.6 Å². The van der Waals surface area contributed by atoms with Gasteiger partial charge in [0.2, 0.25) is 0 Å². The van der Waals surface area contributed by atoms with E-state index in [0.29, 0.717) is 6.54 Å². The third-order valence-corrected chi connectivity index (χ3v) is 6.42. The molecule has 0 saturated heterocycles. The monoisotopic (exact) mass is 330 g/mol. The average Bonchev–Trinajstić information content (AvgIpc) is 3.17. The van der Waals surface area contributed by atoms with Gasteiger partial charge in [-0.2, -0.15) is 5.10 Å². The molecule has 7 heteroatoms. The van der Waals surface area contributed by atoms with Gasteiger partial charge in [-0.1, -0.05) is 5.21 Å². The normalized spacial score (nSPS) is 34.1. The Morgan fingerprint density at radius 1 is 1.12 bits per heavy atom. The van der Waals surface area contributed by atoms with Crippen LogP contribution in [0.4, 0.5) is 4.39 Å². The molecular formula is C17H23FN6. The second-order valence-corrected chi connectivity index (χ2v) is 8.09. The number of aromatic nitrogens is 6. The molecule has 0 aliphatic heterocycles. The topological polar surface area (TPSA) is 61.4 Å². The molecular weight excluding hydrogens is 307 g/mol. The molecule has 2 aromatic rings. The molecule has 0 unspecified atom stereocenters. The molecule has 0 radical (unpaired) electrons. The highest BCUT2D eigenvalue weighted by atomic mass is 19.1. The van der Waals surface area contributed by atoms with Crippen LogP contribution < -0.4 is 0 Å². The van der Waals surface area contributed by atoms with Crippen molar-refractivity contribution in [2.75, 3.05) is 6.67 Å². The molecule has 0 amide bonds. The van der Waals surface area contributed by atoms with Gasteiger partial charge in [0.15, 0.2) is 0 Å². The summed E-state index contributed by atoms with van der Waals surface area (Å²) in [6, 6.07) is 0. The highest BCUT2D eigenvalue weighted by molar-refractivity contribution is 5.20. The van der Waals surface area contributed by atoms with Crippen molar-refractivity contribution in [3.63, 3.8) is 0 Å². The van der Waals surface area contributed by atoms with Crippen molar-refractivity contribution in [1.29, 1.82) is 0 Å². The lowest BCUT2D eigenvalue weighted by molar-refractivity contribution is -0.00725. The zero-order valence-electron chi connectivity index (χ0n) is 13.8. The molecule has 0 aromatic carbocycles. The Morgan fingerprint density at radius 2 is 1.83 bits per heavy atom. The average molecular weight is 330 g/mol. The standard InChI is InChI=1S/C17H23FN6/c18-1-2-24-16(19-11-20-24)10-23-9-15(21-22-23)17-6-12-3-13(7-17)5-14(4-12)8-17/h9,11-14H,1-8,10H2. The quantitative estimate of drug-likeness (QED) is 0.844. The van der Waals surface area contributed by atoms with Crippen molar-refractivity contribution < 1.29 is 4.39 Å². The van der Waals surface area contributed by atoms with Crippen LogP contribution in [-0.2, 0) is 18.5 Å². The van der Waals surface area contributed by atoms with Crippen LogP contribution in [0.1, 0.15) is 50.0 Å². The molecule has 4 aliphatic rings. The summed E-state index contributed by atoms with van der Waals surface area (Å²) in [6.07, 6.45) is 11.7. The second-order valence-electron chi connectivity index (χ2n) is 8.09. The van der Waals surface area contributed by atoms with Gasteiger partial charge in [-0.15, -0.1) is 5.10 Å².